The summed E-state index contributed by atoms with van der Waals surface area (Å²) in [6.07, 6.45) is -3.26. The molecule has 0 saturated carbocycles. The van der Waals surface area contributed by atoms with Gasteiger partial charge in [0.15, 0.2) is 16.8 Å². The minimum atomic E-state index is -3.27. The summed E-state index contributed by atoms with van der Waals surface area (Å²) in [5, 5.41) is 27.5. The van der Waals surface area contributed by atoms with Crippen molar-refractivity contribution in [2.75, 3.05) is 54.6 Å². The lowest BCUT2D eigenvalue weighted by Crippen LogP contribution is -2.41. The number of aliphatic hydroxyl groups excluding tert-OH is 1. The van der Waals surface area contributed by atoms with Gasteiger partial charge in [0.25, 0.3) is 5.91 Å². The van der Waals surface area contributed by atoms with E-state index in [0.717, 1.165) is 17.2 Å². The molecular formula is C19H22F4N6O5S. The molecule has 3 amide bonds. The van der Waals surface area contributed by atoms with Crippen molar-refractivity contribution >= 4 is 39.8 Å². The lowest BCUT2D eigenvalue weighted by Gasteiger charge is -2.25. The molecule has 3 rings (SSSR count). The van der Waals surface area contributed by atoms with Crippen LogP contribution >= 0.6 is 11.3 Å². The van der Waals surface area contributed by atoms with Crippen LogP contribution in [0.3, 0.4) is 0 Å². The highest BCUT2D eigenvalue weighted by Crippen LogP contribution is 2.29. The summed E-state index contributed by atoms with van der Waals surface area (Å²) in [7, 11) is 0. The first kappa shape index (κ1) is 26.4. The van der Waals surface area contributed by atoms with Crippen molar-refractivity contribution < 1.29 is 42.3 Å². The van der Waals surface area contributed by atoms with E-state index in [-0.39, 0.29) is 31.9 Å². The molecule has 1 aliphatic rings. The Morgan fingerprint density at radius 2 is 1.94 bits per heavy atom. The monoisotopic (exact) mass is 522 g/mol. The fourth-order valence-corrected chi connectivity index (χ4v) is 3.66. The molecule has 1 fully saturated rings. The van der Waals surface area contributed by atoms with E-state index in [2.05, 4.69) is 10.3 Å². The van der Waals surface area contributed by atoms with Crippen LogP contribution in [0.25, 0.3) is 0 Å². The van der Waals surface area contributed by atoms with Crippen molar-refractivity contribution in [1.29, 1.82) is 0 Å². The molecule has 0 aliphatic carbocycles. The number of aliphatic hydroxyl groups is 1. The van der Waals surface area contributed by atoms with Crippen LogP contribution in [0.5, 0.6) is 0 Å². The minimum absolute atomic E-state index is 0.0134. The molecule has 35 heavy (non-hydrogen) atoms. The van der Waals surface area contributed by atoms with Gasteiger partial charge in [-0.05, 0) is 0 Å². The number of amides is 3. The van der Waals surface area contributed by atoms with Crippen LogP contribution < -0.4 is 20.6 Å². The van der Waals surface area contributed by atoms with Gasteiger partial charge in [-0.3, -0.25) is 25.2 Å². The van der Waals surface area contributed by atoms with Crippen LogP contribution in [0, 0.1) is 11.6 Å². The Kier molecular flexibility index (Phi) is 9.02. The van der Waals surface area contributed by atoms with Crippen molar-refractivity contribution in [3.63, 3.8) is 0 Å². The molecule has 4 N–H and O–H groups in total. The number of aromatic nitrogens is 1. The van der Waals surface area contributed by atoms with Gasteiger partial charge in [0.1, 0.15) is 5.69 Å². The molecule has 0 spiro atoms. The number of hydrogen-bond acceptors (Lipinski definition) is 9. The van der Waals surface area contributed by atoms with Gasteiger partial charge in [0.2, 0.25) is 0 Å². The number of benzene rings is 1. The number of rotatable bonds is 8. The molecule has 1 aromatic heterocycles. The van der Waals surface area contributed by atoms with Gasteiger partial charge in [-0.1, -0.05) is 0 Å². The van der Waals surface area contributed by atoms with E-state index in [0.29, 0.717) is 10.2 Å². The number of alkyl halides is 2. The first-order valence-electron chi connectivity index (χ1n) is 10.2. The molecule has 16 heteroatoms. The summed E-state index contributed by atoms with van der Waals surface area (Å²) >= 11 is 1.21. The number of nitrogens with zero attached hydrogens (tertiary/aromatic N) is 4. The molecule has 11 nitrogen and oxygen atoms in total. The average Bonchev–Trinajstić information content (AvgIpc) is 3.19. The van der Waals surface area contributed by atoms with E-state index < -0.39 is 54.9 Å². The van der Waals surface area contributed by atoms with Crippen molar-refractivity contribution in [3.8, 4) is 0 Å². The summed E-state index contributed by atoms with van der Waals surface area (Å²) in [5.74, 6) is -3.66. The Balaban J connectivity index is 1.60. The standard InChI is InChI=1S/C19H22F4N6O5S/c20-13-7-11(28(33)10-12(30)9-25-17(31)16(22)23)8-14(21)15(13)27-2-3-29(34-5-4-27)19(32)26-18-24-1-6-35-18/h1,6-8,12,16,30,33H,2-5,9-10H2,(H,25,31)(H,24,26,32)/t12-/m0/s1. The zero-order chi connectivity index (χ0) is 25.5. The SMILES string of the molecule is O=C(NC[C@H](O)CN(O)c1cc(F)c(N2CCON(C(=O)Nc3nccs3)CC2)c(F)c1)C(F)F. The Morgan fingerprint density at radius 1 is 1.23 bits per heavy atom. The number of nitrogens with one attached hydrogen (secondary N) is 2. The number of halogens is 4. The molecule has 0 unspecified atom stereocenters. The average molecular weight is 522 g/mol. The van der Waals surface area contributed by atoms with Gasteiger partial charge in [0, 0.05) is 43.3 Å². The molecule has 0 radical (unpaired) electrons. The maximum absolute atomic E-state index is 14.8. The van der Waals surface area contributed by atoms with Gasteiger partial charge in [0.05, 0.1) is 31.5 Å². The van der Waals surface area contributed by atoms with Crippen LogP contribution in [-0.4, -0.2) is 84.2 Å². The van der Waals surface area contributed by atoms with Gasteiger partial charge in [-0.25, -0.2) is 23.6 Å². The van der Waals surface area contributed by atoms with E-state index in [1.807, 2.05) is 0 Å². The normalized spacial score (nSPS) is 15.1. The van der Waals surface area contributed by atoms with Crippen molar-refractivity contribution in [2.45, 2.75) is 12.5 Å². The number of hydroxylamine groups is 3. The van der Waals surface area contributed by atoms with Crippen molar-refractivity contribution in [3.05, 3.63) is 35.3 Å². The third kappa shape index (κ3) is 7.14. The van der Waals surface area contributed by atoms with E-state index in [4.69, 9.17) is 4.84 Å². The first-order valence-corrected chi connectivity index (χ1v) is 11.1. The maximum atomic E-state index is 14.8. The predicted molar refractivity (Wildman–Crippen MR) is 117 cm³/mol. The van der Waals surface area contributed by atoms with Crippen molar-refractivity contribution in [1.82, 2.24) is 15.4 Å². The first-order chi connectivity index (χ1) is 16.7. The molecule has 1 saturated heterocycles. The second-order valence-electron chi connectivity index (χ2n) is 7.23. The summed E-state index contributed by atoms with van der Waals surface area (Å²) in [5.41, 5.74) is -0.754. The number of hydrogen-bond donors (Lipinski definition) is 4. The third-order valence-corrected chi connectivity index (χ3v) is 5.45. The fourth-order valence-electron chi connectivity index (χ4n) is 3.14. The quantitative estimate of drug-likeness (QED) is 0.304. The summed E-state index contributed by atoms with van der Waals surface area (Å²) in [4.78, 5) is 33.8. The summed E-state index contributed by atoms with van der Waals surface area (Å²) in [6.45, 7) is -1.20. The van der Waals surface area contributed by atoms with Crippen LogP contribution in [0.2, 0.25) is 0 Å². The molecule has 2 aromatic rings. The fraction of sp³-hybridized carbons (Fsp3) is 0.421. The topological polar surface area (TPSA) is 130 Å². The zero-order valence-corrected chi connectivity index (χ0v) is 18.9. The third-order valence-electron chi connectivity index (χ3n) is 4.76. The zero-order valence-electron chi connectivity index (χ0n) is 18.0. The highest BCUT2D eigenvalue weighted by atomic mass is 32.1. The number of anilines is 3. The largest absolute Gasteiger partial charge is 0.389 e. The van der Waals surface area contributed by atoms with Crippen LogP contribution in [0.15, 0.2) is 23.7 Å². The number of thiazole rings is 1. The smallest absolute Gasteiger partial charge is 0.347 e. The van der Waals surface area contributed by atoms with Gasteiger partial charge in [-0.15, -0.1) is 11.3 Å². The Bertz CT molecular complexity index is 995. The van der Waals surface area contributed by atoms with E-state index in [9.17, 15) is 37.5 Å². The lowest BCUT2D eigenvalue weighted by atomic mass is 10.2. The summed E-state index contributed by atoms with van der Waals surface area (Å²) < 4.78 is 54.0. The predicted octanol–water partition coefficient (Wildman–Crippen LogP) is 1.64. The van der Waals surface area contributed by atoms with Crippen LogP contribution in [-0.2, 0) is 9.63 Å². The second-order valence-corrected chi connectivity index (χ2v) is 8.12. The maximum Gasteiger partial charge on any atom is 0.347 e. The van der Waals surface area contributed by atoms with E-state index in [1.165, 1.54) is 22.4 Å². The molecule has 2 heterocycles. The van der Waals surface area contributed by atoms with E-state index in [1.54, 1.807) is 10.7 Å². The molecule has 1 aliphatic heterocycles. The number of urea groups is 1. The van der Waals surface area contributed by atoms with Crippen molar-refractivity contribution in [2.24, 2.45) is 0 Å². The Morgan fingerprint density at radius 3 is 2.57 bits per heavy atom. The van der Waals surface area contributed by atoms with Crippen LogP contribution in [0.1, 0.15) is 0 Å². The van der Waals surface area contributed by atoms with Crippen LogP contribution in [0.4, 0.5) is 38.9 Å². The molecule has 0 bridgehead atoms. The van der Waals surface area contributed by atoms with E-state index >= 15 is 0 Å². The molecular weight excluding hydrogens is 500 g/mol. The van der Waals surface area contributed by atoms with Gasteiger partial charge < -0.3 is 15.3 Å². The molecule has 192 valence electrons. The minimum Gasteiger partial charge on any atom is -0.389 e. The number of carbonyl (C=O) groups excluding carboxylic acids is 2. The highest BCUT2D eigenvalue weighted by Gasteiger charge is 2.26. The Labute approximate surface area is 200 Å². The molecule has 1 aromatic carbocycles. The lowest BCUT2D eigenvalue weighted by molar-refractivity contribution is -0.132. The summed E-state index contributed by atoms with van der Waals surface area (Å²) in [6, 6.07) is 1.06. The van der Waals surface area contributed by atoms with Gasteiger partial charge in [-0.2, -0.15) is 8.78 Å². The molecule has 1 atom stereocenters. The number of carbonyl (C=O) groups is 2. The highest BCUT2D eigenvalue weighted by molar-refractivity contribution is 7.13. The Hall–Kier alpha value is -3.21. The second kappa shape index (κ2) is 12.0. The van der Waals surface area contributed by atoms with Gasteiger partial charge >= 0.3 is 12.5 Å².